The van der Waals surface area contributed by atoms with E-state index in [9.17, 15) is 4.79 Å². The van der Waals surface area contributed by atoms with Crippen LogP contribution in [0.2, 0.25) is 0 Å². The van der Waals surface area contributed by atoms with E-state index in [1.165, 1.54) is 11.3 Å². The Labute approximate surface area is 123 Å². The molecule has 1 amide bonds. The molecule has 0 atom stereocenters. The van der Waals surface area contributed by atoms with Crippen LogP contribution >= 0.6 is 11.3 Å². The van der Waals surface area contributed by atoms with E-state index in [-0.39, 0.29) is 5.91 Å². The Hall–Kier alpha value is -0.980. The molecule has 1 aromatic rings. The van der Waals surface area contributed by atoms with Gasteiger partial charge in [0.2, 0.25) is 0 Å². The third-order valence-electron chi connectivity index (χ3n) is 3.57. The van der Waals surface area contributed by atoms with Crippen molar-refractivity contribution in [3.8, 4) is 0 Å². The second-order valence-corrected chi connectivity index (χ2v) is 6.51. The van der Waals surface area contributed by atoms with Gasteiger partial charge in [0.15, 0.2) is 0 Å². The molecule has 1 heterocycles. The van der Waals surface area contributed by atoms with E-state index in [1.54, 1.807) is 0 Å². The van der Waals surface area contributed by atoms with Gasteiger partial charge < -0.3 is 15.8 Å². The van der Waals surface area contributed by atoms with E-state index in [1.807, 2.05) is 13.8 Å². The Bertz CT molecular complexity index is 453. The first kappa shape index (κ1) is 15.4. The molecule has 0 spiro atoms. The average molecular weight is 297 g/mol. The van der Waals surface area contributed by atoms with Crippen molar-refractivity contribution < 1.29 is 9.53 Å². The molecule has 1 saturated carbocycles. The first-order valence-corrected chi connectivity index (χ1v) is 7.97. The van der Waals surface area contributed by atoms with Crippen LogP contribution in [-0.2, 0) is 4.74 Å². The van der Waals surface area contributed by atoms with Crippen molar-refractivity contribution in [2.24, 2.45) is 5.73 Å². The minimum atomic E-state index is -0.0534. The maximum atomic E-state index is 12.0. The molecule has 0 bridgehead atoms. The SMILES string of the molecule is Cc1nc(C)c(C(=O)NCCOC2CCC(N)CC2)s1. The maximum Gasteiger partial charge on any atom is 0.263 e. The number of aryl methyl sites for hydroxylation is 2. The van der Waals surface area contributed by atoms with Crippen LogP contribution in [0.25, 0.3) is 0 Å². The summed E-state index contributed by atoms with van der Waals surface area (Å²) in [6.45, 7) is 4.87. The highest BCUT2D eigenvalue weighted by molar-refractivity contribution is 7.13. The van der Waals surface area contributed by atoms with E-state index in [4.69, 9.17) is 10.5 Å². The monoisotopic (exact) mass is 297 g/mol. The van der Waals surface area contributed by atoms with Crippen molar-refractivity contribution in [2.45, 2.75) is 51.7 Å². The van der Waals surface area contributed by atoms with Gasteiger partial charge in [0.1, 0.15) is 4.88 Å². The zero-order valence-electron chi connectivity index (χ0n) is 12.1. The number of hydrogen-bond donors (Lipinski definition) is 2. The molecule has 0 unspecified atom stereocenters. The topological polar surface area (TPSA) is 77.2 Å². The third kappa shape index (κ3) is 4.26. The minimum Gasteiger partial charge on any atom is -0.376 e. The number of thiazole rings is 1. The number of nitrogens with zero attached hydrogens (tertiary/aromatic N) is 1. The molecule has 1 aromatic heterocycles. The lowest BCUT2D eigenvalue weighted by molar-refractivity contribution is 0.0268. The Kier molecular flexibility index (Phi) is 5.51. The summed E-state index contributed by atoms with van der Waals surface area (Å²) in [5.41, 5.74) is 6.65. The van der Waals surface area contributed by atoms with Crippen LogP contribution in [0.1, 0.15) is 46.1 Å². The van der Waals surface area contributed by atoms with Gasteiger partial charge in [-0.15, -0.1) is 11.3 Å². The summed E-state index contributed by atoms with van der Waals surface area (Å²) in [7, 11) is 0. The Balaban J connectivity index is 1.66. The third-order valence-corrected chi connectivity index (χ3v) is 4.64. The number of hydrogen-bond acceptors (Lipinski definition) is 5. The first-order valence-electron chi connectivity index (χ1n) is 7.15. The number of ether oxygens (including phenoxy) is 1. The zero-order valence-corrected chi connectivity index (χ0v) is 13.0. The van der Waals surface area contributed by atoms with Crippen LogP contribution in [-0.4, -0.2) is 36.2 Å². The van der Waals surface area contributed by atoms with Gasteiger partial charge in [-0.2, -0.15) is 0 Å². The number of aromatic nitrogens is 1. The first-order chi connectivity index (χ1) is 9.56. The molecule has 112 valence electrons. The molecule has 2 rings (SSSR count). The highest BCUT2D eigenvalue weighted by Gasteiger charge is 2.19. The fraction of sp³-hybridized carbons (Fsp3) is 0.714. The lowest BCUT2D eigenvalue weighted by atomic mass is 9.94. The van der Waals surface area contributed by atoms with Crippen molar-refractivity contribution in [1.82, 2.24) is 10.3 Å². The van der Waals surface area contributed by atoms with Gasteiger partial charge in [-0.25, -0.2) is 4.98 Å². The summed E-state index contributed by atoms with van der Waals surface area (Å²) < 4.78 is 5.77. The van der Waals surface area contributed by atoms with Crippen molar-refractivity contribution in [3.63, 3.8) is 0 Å². The smallest absolute Gasteiger partial charge is 0.263 e. The molecular formula is C14H23N3O2S. The molecular weight excluding hydrogens is 274 g/mol. The number of rotatable bonds is 5. The highest BCUT2D eigenvalue weighted by atomic mass is 32.1. The molecule has 1 fully saturated rings. The van der Waals surface area contributed by atoms with E-state index < -0.39 is 0 Å². The normalized spacial score (nSPS) is 22.8. The highest BCUT2D eigenvalue weighted by Crippen LogP contribution is 2.19. The van der Waals surface area contributed by atoms with Crippen LogP contribution in [0.3, 0.4) is 0 Å². The van der Waals surface area contributed by atoms with E-state index in [0.29, 0.717) is 30.2 Å². The summed E-state index contributed by atoms with van der Waals surface area (Å²) in [6, 6.07) is 0.340. The number of nitrogens with one attached hydrogen (secondary N) is 1. The number of carbonyl (C=O) groups excluding carboxylic acids is 1. The van der Waals surface area contributed by atoms with Crippen LogP contribution in [0.5, 0.6) is 0 Å². The fourth-order valence-electron chi connectivity index (χ4n) is 2.47. The van der Waals surface area contributed by atoms with Crippen molar-refractivity contribution >= 4 is 17.2 Å². The van der Waals surface area contributed by atoms with Gasteiger partial charge in [0, 0.05) is 12.6 Å². The van der Waals surface area contributed by atoms with E-state index in [0.717, 1.165) is 36.4 Å². The molecule has 6 heteroatoms. The Morgan fingerprint density at radius 2 is 2.10 bits per heavy atom. The quantitative estimate of drug-likeness (QED) is 0.812. The van der Waals surface area contributed by atoms with Crippen molar-refractivity contribution in [1.29, 1.82) is 0 Å². The van der Waals surface area contributed by atoms with Crippen LogP contribution in [0.15, 0.2) is 0 Å². The zero-order chi connectivity index (χ0) is 14.5. The van der Waals surface area contributed by atoms with Gasteiger partial charge in [-0.3, -0.25) is 4.79 Å². The van der Waals surface area contributed by atoms with Crippen molar-refractivity contribution in [3.05, 3.63) is 15.6 Å². The lowest BCUT2D eigenvalue weighted by Crippen LogP contribution is -2.33. The summed E-state index contributed by atoms with van der Waals surface area (Å²) in [4.78, 5) is 16.9. The molecule has 1 aliphatic rings. The Morgan fingerprint density at radius 1 is 1.40 bits per heavy atom. The molecule has 1 aliphatic carbocycles. The summed E-state index contributed by atoms with van der Waals surface area (Å²) in [6.07, 6.45) is 4.44. The molecule has 3 N–H and O–H groups in total. The summed E-state index contributed by atoms with van der Waals surface area (Å²) >= 11 is 1.43. The van der Waals surface area contributed by atoms with Gasteiger partial charge in [0.25, 0.3) is 5.91 Å². The summed E-state index contributed by atoms with van der Waals surface area (Å²) in [5, 5.41) is 3.80. The van der Waals surface area contributed by atoms with Crippen LogP contribution in [0, 0.1) is 13.8 Å². The van der Waals surface area contributed by atoms with Gasteiger partial charge >= 0.3 is 0 Å². The molecule has 0 radical (unpaired) electrons. The van der Waals surface area contributed by atoms with Crippen molar-refractivity contribution in [2.75, 3.05) is 13.2 Å². The largest absolute Gasteiger partial charge is 0.376 e. The minimum absolute atomic E-state index is 0.0534. The average Bonchev–Trinajstić information content (AvgIpc) is 2.75. The van der Waals surface area contributed by atoms with Gasteiger partial charge in [-0.1, -0.05) is 0 Å². The predicted octanol–water partition coefficient (Wildman–Crippen LogP) is 1.78. The predicted molar refractivity (Wildman–Crippen MR) is 80.1 cm³/mol. The van der Waals surface area contributed by atoms with Gasteiger partial charge in [-0.05, 0) is 39.5 Å². The standard InChI is InChI=1S/C14H23N3O2S/c1-9-13(20-10(2)17-9)14(18)16-7-8-19-12-5-3-11(15)4-6-12/h11-12H,3-8,15H2,1-2H3,(H,16,18). The van der Waals surface area contributed by atoms with E-state index >= 15 is 0 Å². The fourth-order valence-corrected chi connectivity index (χ4v) is 3.30. The molecule has 0 saturated heterocycles. The van der Waals surface area contributed by atoms with Crippen LogP contribution in [0.4, 0.5) is 0 Å². The number of amides is 1. The van der Waals surface area contributed by atoms with Gasteiger partial charge in [0.05, 0.1) is 23.4 Å². The Morgan fingerprint density at radius 3 is 2.70 bits per heavy atom. The molecule has 0 aromatic carbocycles. The number of carbonyl (C=O) groups is 1. The van der Waals surface area contributed by atoms with Crippen LogP contribution < -0.4 is 11.1 Å². The molecule has 0 aliphatic heterocycles. The summed E-state index contributed by atoms with van der Waals surface area (Å²) in [5.74, 6) is -0.0534. The molecule has 5 nitrogen and oxygen atoms in total. The molecule has 20 heavy (non-hydrogen) atoms. The maximum absolute atomic E-state index is 12.0. The lowest BCUT2D eigenvalue weighted by Gasteiger charge is -2.26. The second-order valence-electron chi connectivity index (χ2n) is 5.31. The van der Waals surface area contributed by atoms with E-state index in [2.05, 4.69) is 10.3 Å². The second kappa shape index (κ2) is 7.15. The number of nitrogens with two attached hydrogens (primary N) is 1.